The molecule has 0 spiro atoms. The molecule has 0 aliphatic carbocycles. The molecule has 6 atom stereocenters. The van der Waals surface area contributed by atoms with Crippen molar-refractivity contribution in [3.63, 3.8) is 0 Å². The number of amides is 4. The number of esters is 2. The van der Waals surface area contributed by atoms with Crippen LogP contribution in [-0.4, -0.2) is 136 Å². The Morgan fingerprint density at radius 2 is 0.634 bits per heavy atom. The third-order valence-corrected chi connectivity index (χ3v) is 19.5. The third kappa shape index (κ3) is 74.2. The van der Waals surface area contributed by atoms with Gasteiger partial charge in [0.2, 0.25) is 23.6 Å². The Bertz CT molecular complexity index is 2080. The van der Waals surface area contributed by atoms with E-state index in [9.17, 15) is 47.7 Å². The summed E-state index contributed by atoms with van der Waals surface area (Å²) < 4.78 is 70.4. The van der Waals surface area contributed by atoms with E-state index in [1.807, 2.05) is 0 Å². The van der Waals surface area contributed by atoms with Crippen LogP contribution in [0.2, 0.25) is 0 Å². The van der Waals surface area contributed by atoms with Crippen LogP contribution in [0.25, 0.3) is 0 Å². The standard InChI is InChI=1S/C75H146N4O18P2.2Na.2H/c1-7-12-17-22-25-28-30-33-35-40-45-50-71(81)78-67(62-90-57-53-69(96-66(6)80)48-43-38-20-15-10-4)64-94-98(86,87)92-59-55-76-73(83)61-74(84)77-56-60-93-99(88,89)95-65-68(79-72(82)51-46-41-36-34-31-29-26-23-18-13-8-2)63-91-58-54-70(49-44-39-21-16-11-5)97-75(85)52-47-42-37-32-27-24-19-14-9-3;;;;/h67-70H,7-65H2,1-6H3,(H,76,83)(H,77,84)(H,78,81)(H,79,82)(H,86,87)(H,88,89);;;;/q;2*+1;2*-1/t67-,68-,69-,70-;;;;/m1..../s1. The summed E-state index contributed by atoms with van der Waals surface area (Å²) in [6, 6.07) is -1.63. The first-order valence-corrected chi connectivity index (χ1v) is 42.8. The first-order chi connectivity index (χ1) is 47.9. The summed E-state index contributed by atoms with van der Waals surface area (Å²) >= 11 is 0. The molecule has 0 radical (unpaired) electrons. The van der Waals surface area contributed by atoms with Crippen LogP contribution in [0.4, 0.5) is 0 Å². The number of unbranched alkanes of at least 4 members (excludes halogenated alkanes) is 36. The molecule has 0 aromatic carbocycles. The Morgan fingerprint density at radius 3 is 0.950 bits per heavy atom. The largest absolute Gasteiger partial charge is 1.00 e. The summed E-state index contributed by atoms with van der Waals surface area (Å²) in [5, 5.41) is 10.6. The van der Waals surface area contributed by atoms with Gasteiger partial charge in [-0.15, -0.1) is 0 Å². The van der Waals surface area contributed by atoms with Gasteiger partial charge in [-0.3, -0.25) is 46.9 Å². The van der Waals surface area contributed by atoms with Gasteiger partial charge in [-0.2, -0.15) is 0 Å². The topological polar surface area (TPSA) is 299 Å². The number of carbonyl (C=O) groups is 6. The number of phosphoric ester groups is 2. The van der Waals surface area contributed by atoms with E-state index >= 15 is 0 Å². The second kappa shape index (κ2) is 75.8. The van der Waals surface area contributed by atoms with Crippen molar-refractivity contribution >= 4 is 51.2 Å². The number of hydrogen-bond acceptors (Lipinski definition) is 16. The van der Waals surface area contributed by atoms with E-state index in [1.165, 1.54) is 135 Å². The Labute approximate surface area is 660 Å². The maximum absolute atomic E-state index is 13.2. The van der Waals surface area contributed by atoms with Crippen molar-refractivity contribution in [1.82, 2.24) is 21.3 Å². The van der Waals surface area contributed by atoms with Gasteiger partial charge >= 0.3 is 86.7 Å². The number of ether oxygens (including phenoxy) is 4. The zero-order chi connectivity index (χ0) is 73.0. The Morgan fingerprint density at radius 1 is 0.347 bits per heavy atom. The van der Waals surface area contributed by atoms with E-state index in [0.29, 0.717) is 44.9 Å². The van der Waals surface area contributed by atoms with E-state index < -0.39 is 72.4 Å². The van der Waals surface area contributed by atoms with Gasteiger partial charge in [-0.05, 0) is 44.9 Å². The molecular formula is C75H148N4Na2O18P2. The number of phosphoric acid groups is 2. The molecule has 0 heterocycles. The average Bonchev–Trinajstić information content (AvgIpc) is 0.948. The van der Waals surface area contributed by atoms with E-state index in [2.05, 4.69) is 55.9 Å². The summed E-state index contributed by atoms with van der Waals surface area (Å²) in [6.07, 6.45) is 48.0. The van der Waals surface area contributed by atoms with Crippen molar-refractivity contribution in [2.45, 2.75) is 380 Å². The van der Waals surface area contributed by atoms with Gasteiger partial charge < -0.3 is 52.9 Å². The minimum Gasteiger partial charge on any atom is -1.00 e. The molecule has 0 saturated carbocycles. The second-order valence-electron chi connectivity index (χ2n) is 27.2. The van der Waals surface area contributed by atoms with Gasteiger partial charge in [-0.1, -0.05) is 266 Å². The summed E-state index contributed by atoms with van der Waals surface area (Å²) in [6.45, 7) is 10.4. The second-order valence-corrected chi connectivity index (χ2v) is 30.1. The molecular weight excluding hydrogens is 1350 g/mol. The summed E-state index contributed by atoms with van der Waals surface area (Å²) in [7, 11) is -9.43. The monoisotopic (exact) mass is 1500 g/mol. The number of rotatable bonds is 76. The van der Waals surface area contributed by atoms with Gasteiger partial charge in [0, 0.05) is 52.1 Å². The first-order valence-electron chi connectivity index (χ1n) is 39.8. The van der Waals surface area contributed by atoms with E-state index in [4.69, 9.17) is 37.0 Å². The number of carbonyl (C=O) groups excluding carboxylic acids is 6. The van der Waals surface area contributed by atoms with Gasteiger partial charge in [0.1, 0.15) is 18.6 Å². The number of nitrogens with one attached hydrogen (secondary N) is 4. The average molecular weight is 1500 g/mol. The third-order valence-electron chi connectivity index (χ3n) is 17.5. The van der Waals surface area contributed by atoms with Crippen molar-refractivity contribution in [2.24, 2.45) is 0 Å². The molecule has 0 aliphatic heterocycles. The Balaban J connectivity index is -0.00000800. The zero-order valence-electron chi connectivity index (χ0n) is 67.3. The molecule has 4 amide bonds. The summed E-state index contributed by atoms with van der Waals surface area (Å²) in [5.41, 5.74) is 0. The van der Waals surface area contributed by atoms with Crippen LogP contribution in [-0.2, 0) is 74.9 Å². The maximum atomic E-state index is 13.2. The van der Waals surface area contributed by atoms with Crippen molar-refractivity contribution < 1.29 is 147 Å². The molecule has 0 saturated heterocycles. The van der Waals surface area contributed by atoms with E-state index in [0.717, 1.165) is 122 Å². The molecule has 22 nitrogen and oxygen atoms in total. The van der Waals surface area contributed by atoms with Gasteiger partial charge in [0.15, 0.2) is 0 Å². The normalized spacial score (nSPS) is 13.7. The van der Waals surface area contributed by atoms with Gasteiger partial charge in [0.05, 0.1) is 64.9 Å². The summed E-state index contributed by atoms with van der Waals surface area (Å²) in [4.78, 5) is 97.6. The first kappa shape index (κ1) is 104. The van der Waals surface area contributed by atoms with Crippen LogP contribution in [0.15, 0.2) is 0 Å². The molecule has 26 heteroatoms. The molecule has 101 heavy (non-hydrogen) atoms. The molecule has 0 rings (SSSR count). The molecule has 0 aromatic rings. The molecule has 588 valence electrons. The fraction of sp³-hybridized carbons (Fsp3) is 0.920. The minimum atomic E-state index is -4.72. The SMILES string of the molecule is CCCCCCCCCCCCCC(=O)N[C@H](COCC[C@@H](CCCCCCC)OC(C)=O)COP(=O)(O)OCCNC(=O)CC(=O)NCCOP(=O)(O)OC[C@@H](COCC[C@@H](CCCCCCC)OC(=O)CCCCCCCCCCC)NC(=O)CCCCCCCCCCCCC.[H-].[H-].[Na+].[Na+]. The number of hydrogen-bond donors (Lipinski definition) is 6. The fourth-order valence-electron chi connectivity index (χ4n) is 11.6. The van der Waals surface area contributed by atoms with Crippen molar-refractivity contribution in [1.29, 1.82) is 0 Å². The zero-order valence-corrected chi connectivity index (χ0v) is 71.1. The predicted molar refractivity (Wildman–Crippen MR) is 397 cm³/mol. The Hall–Kier alpha value is -1.04. The van der Waals surface area contributed by atoms with Gasteiger partial charge in [-0.25, -0.2) is 9.13 Å². The molecule has 0 aliphatic rings. The molecule has 0 fully saturated rings. The maximum Gasteiger partial charge on any atom is 1.00 e. The summed E-state index contributed by atoms with van der Waals surface area (Å²) in [5.74, 6) is -2.56. The van der Waals surface area contributed by atoms with Crippen LogP contribution in [0.5, 0.6) is 0 Å². The Kier molecular flexibility index (Phi) is 78.1. The molecule has 0 bridgehead atoms. The van der Waals surface area contributed by atoms with Crippen LogP contribution >= 0.6 is 15.6 Å². The predicted octanol–water partition coefficient (Wildman–Crippen LogP) is 11.8. The van der Waals surface area contributed by atoms with Crippen molar-refractivity contribution in [3.05, 3.63) is 0 Å². The quantitative estimate of drug-likeness (QED) is 0.0108. The smallest absolute Gasteiger partial charge is 1.00 e. The molecule has 2 unspecified atom stereocenters. The molecule has 6 N–H and O–H groups in total. The molecule has 0 aromatic heterocycles. The van der Waals surface area contributed by atoms with Crippen LogP contribution in [0.3, 0.4) is 0 Å². The van der Waals surface area contributed by atoms with Crippen LogP contribution < -0.4 is 80.4 Å². The van der Waals surface area contributed by atoms with Crippen LogP contribution in [0, 0.1) is 0 Å². The van der Waals surface area contributed by atoms with E-state index in [1.54, 1.807) is 0 Å². The van der Waals surface area contributed by atoms with Gasteiger partial charge in [0.25, 0.3) is 0 Å². The van der Waals surface area contributed by atoms with E-state index in [-0.39, 0.29) is 150 Å². The fourth-order valence-corrected chi connectivity index (χ4v) is 13.1. The van der Waals surface area contributed by atoms with Crippen LogP contribution in [0.1, 0.15) is 359 Å². The van der Waals surface area contributed by atoms with Crippen molar-refractivity contribution in [2.75, 3.05) is 65.9 Å². The minimum absolute atomic E-state index is 0. The van der Waals surface area contributed by atoms with Crippen molar-refractivity contribution in [3.8, 4) is 0 Å².